The molecule has 0 radical (unpaired) electrons. The van der Waals surface area contributed by atoms with Crippen LogP contribution in [0.5, 0.6) is 5.75 Å². The molecule has 0 bridgehead atoms. The monoisotopic (exact) mass is 609 g/mol. The van der Waals surface area contributed by atoms with Crippen molar-refractivity contribution in [3.8, 4) is 39.1 Å². The van der Waals surface area contributed by atoms with E-state index in [-0.39, 0.29) is 21.1 Å². The number of hydrogen-bond acceptors (Lipinski definition) is 6. The molecule has 0 spiro atoms. The van der Waals surface area contributed by atoms with Crippen LogP contribution in [0.4, 0.5) is 0 Å². The Morgan fingerprint density at radius 1 is 0.605 bits per heavy atom. The van der Waals surface area contributed by atoms with E-state index in [1.165, 1.54) is 6.07 Å². The summed E-state index contributed by atoms with van der Waals surface area (Å²) in [7, 11) is -9.25. The zero-order valence-electron chi connectivity index (χ0n) is 23.5. The first-order valence-corrected chi connectivity index (χ1v) is 16.9. The summed E-state index contributed by atoms with van der Waals surface area (Å²) in [6.07, 6.45) is 2.19. The van der Waals surface area contributed by atoms with Gasteiger partial charge in [-0.1, -0.05) is 91.0 Å². The number of hydrogen-bond donors (Lipinski definition) is 0. The summed E-state index contributed by atoms with van der Waals surface area (Å²) in [6, 6.07) is 33.3. The second-order valence-corrected chi connectivity index (χ2v) is 13.5. The van der Waals surface area contributed by atoms with E-state index < -0.39 is 20.2 Å². The molecule has 5 aromatic carbocycles. The molecular weight excluding hydrogens is 581 g/mol. The van der Waals surface area contributed by atoms with Crippen molar-refractivity contribution in [2.45, 2.75) is 42.4 Å². The Hall–Kier alpha value is -4.24. The van der Waals surface area contributed by atoms with Crippen LogP contribution in [-0.4, -0.2) is 21.4 Å². The van der Waals surface area contributed by atoms with Gasteiger partial charge >= 0.3 is 10.1 Å². The number of rotatable bonds is 7. The molecular formula is C35H29O6S2-. The van der Waals surface area contributed by atoms with Crippen molar-refractivity contribution in [2.24, 2.45) is 0 Å². The lowest BCUT2D eigenvalue weighted by Crippen LogP contribution is -2.18. The highest BCUT2D eigenvalue weighted by molar-refractivity contribution is 7.87. The van der Waals surface area contributed by atoms with Crippen molar-refractivity contribution in [3.63, 3.8) is 0 Å². The minimum Gasteiger partial charge on any atom is -0.744 e. The predicted molar refractivity (Wildman–Crippen MR) is 166 cm³/mol. The Morgan fingerprint density at radius 2 is 1.07 bits per heavy atom. The van der Waals surface area contributed by atoms with Crippen LogP contribution in [0, 0.1) is 6.92 Å². The third-order valence-corrected chi connectivity index (χ3v) is 10.1. The molecule has 1 aliphatic carbocycles. The molecule has 0 saturated carbocycles. The third kappa shape index (κ3) is 5.73. The van der Waals surface area contributed by atoms with Gasteiger partial charge in [0.2, 0.25) is 0 Å². The van der Waals surface area contributed by atoms with Gasteiger partial charge in [-0.15, -0.1) is 0 Å². The molecule has 0 fully saturated rings. The molecule has 0 unspecified atom stereocenters. The van der Waals surface area contributed by atoms with Crippen molar-refractivity contribution in [3.05, 3.63) is 126 Å². The summed E-state index contributed by atoms with van der Waals surface area (Å²) in [5, 5.41) is 0. The average Bonchev–Trinajstić information content (AvgIpc) is 3.02. The van der Waals surface area contributed by atoms with E-state index in [1.54, 1.807) is 6.92 Å². The minimum absolute atomic E-state index is 0.00839. The van der Waals surface area contributed by atoms with E-state index in [0.29, 0.717) is 52.6 Å². The summed E-state index contributed by atoms with van der Waals surface area (Å²) >= 11 is 0. The summed E-state index contributed by atoms with van der Waals surface area (Å²) < 4.78 is 71.5. The zero-order chi connectivity index (χ0) is 30.2. The van der Waals surface area contributed by atoms with Gasteiger partial charge in [0.1, 0.15) is 20.8 Å². The molecule has 0 aliphatic heterocycles. The van der Waals surface area contributed by atoms with Crippen molar-refractivity contribution in [1.82, 2.24) is 0 Å². The molecule has 5 aromatic rings. The second kappa shape index (κ2) is 11.4. The highest BCUT2D eigenvalue weighted by Crippen LogP contribution is 2.43. The first-order chi connectivity index (χ1) is 20.6. The molecule has 218 valence electrons. The summed E-state index contributed by atoms with van der Waals surface area (Å²) in [5.41, 5.74) is 5.23. The van der Waals surface area contributed by atoms with Gasteiger partial charge in [0.25, 0.3) is 0 Å². The number of benzene rings is 5. The van der Waals surface area contributed by atoms with Gasteiger partial charge in [-0.25, -0.2) is 8.42 Å². The first kappa shape index (κ1) is 28.9. The smallest absolute Gasteiger partial charge is 0.340 e. The van der Waals surface area contributed by atoms with E-state index >= 15 is 0 Å². The summed E-state index contributed by atoms with van der Waals surface area (Å²) in [5.74, 6) is 0.0901. The third-order valence-electron chi connectivity index (χ3n) is 7.82. The largest absolute Gasteiger partial charge is 0.744 e. The predicted octanol–water partition coefficient (Wildman–Crippen LogP) is 7.55. The van der Waals surface area contributed by atoms with Gasteiger partial charge in [-0.05, 0) is 84.2 Å². The second-order valence-electron chi connectivity index (χ2n) is 10.7. The Balaban J connectivity index is 1.62. The maximum Gasteiger partial charge on any atom is 0.340 e. The molecule has 8 heteroatoms. The van der Waals surface area contributed by atoms with Gasteiger partial charge in [0.15, 0.2) is 0 Å². The fraction of sp³-hybridized carbons (Fsp3) is 0.143. The molecule has 0 N–H and O–H groups in total. The van der Waals surface area contributed by atoms with E-state index in [1.807, 2.05) is 103 Å². The van der Waals surface area contributed by atoms with E-state index in [0.717, 1.165) is 17.5 Å². The Labute approximate surface area is 252 Å². The molecule has 6 nitrogen and oxygen atoms in total. The lowest BCUT2D eigenvalue weighted by atomic mass is 9.89. The van der Waals surface area contributed by atoms with Gasteiger partial charge in [-0.3, -0.25) is 0 Å². The van der Waals surface area contributed by atoms with Crippen molar-refractivity contribution in [1.29, 1.82) is 0 Å². The average molecular weight is 610 g/mol. The standard InChI is InChI=1S/C35H30O6S2/c1-24-21-33(42(36,37)38)29-19-11-12-20-30(29)34(24)41-43(39,40)35-31(26-15-7-3-8-16-26)22-28(25-13-5-2-6-14-25)23-32(35)27-17-9-4-10-18-27/h2-10,13-18,21-23H,11-12,19-20H2,1H3,(H,36,37,38)/p-1. The number of fused-ring (bicyclic) bond motifs is 1. The summed E-state index contributed by atoms with van der Waals surface area (Å²) in [4.78, 5) is -0.291. The van der Waals surface area contributed by atoms with Crippen LogP contribution in [0.15, 0.2) is 119 Å². The van der Waals surface area contributed by atoms with Crippen LogP contribution >= 0.6 is 0 Å². The molecule has 0 heterocycles. The van der Waals surface area contributed by atoms with E-state index in [9.17, 15) is 21.4 Å². The lowest BCUT2D eigenvalue weighted by molar-refractivity contribution is 0.459. The maximum atomic E-state index is 14.6. The van der Waals surface area contributed by atoms with E-state index in [2.05, 4.69) is 0 Å². The van der Waals surface area contributed by atoms with Gasteiger partial charge in [0, 0.05) is 16.7 Å². The molecule has 43 heavy (non-hydrogen) atoms. The maximum absolute atomic E-state index is 14.6. The summed E-state index contributed by atoms with van der Waals surface area (Å²) in [6.45, 7) is 1.57. The highest BCUT2D eigenvalue weighted by atomic mass is 32.2. The SMILES string of the molecule is Cc1cc(S(=O)(=O)[O-])c2c(c1OS(=O)(=O)c1c(-c3ccccc3)cc(-c3ccccc3)cc1-c1ccccc1)CCCC2. The lowest BCUT2D eigenvalue weighted by Gasteiger charge is -2.26. The molecule has 0 atom stereocenters. The van der Waals surface area contributed by atoms with Gasteiger partial charge in [-0.2, -0.15) is 8.42 Å². The van der Waals surface area contributed by atoms with Crippen molar-refractivity contribution >= 4 is 20.2 Å². The molecule has 0 saturated heterocycles. The Kier molecular flexibility index (Phi) is 7.68. The number of aryl methyl sites for hydroxylation is 1. The van der Waals surface area contributed by atoms with Crippen LogP contribution in [0.1, 0.15) is 29.5 Å². The Morgan fingerprint density at radius 3 is 1.56 bits per heavy atom. The van der Waals surface area contributed by atoms with Crippen LogP contribution in [-0.2, 0) is 33.1 Å². The van der Waals surface area contributed by atoms with Crippen molar-refractivity contribution in [2.75, 3.05) is 0 Å². The fourth-order valence-corrected chi connectivity index (χ4v) is 8.14. The highest BCUT2D eigenvalue weighted by Gasteiger charge is 2.31. The Bertz CT molecular complexity index is 1960. The minimum atomic E-state index is -4.75. The first-order valence-electron chi connectivity index (χ1n) is 14.0. The van der Waals surface area contributed by atoms with Gasteiger partial charge in [0.05, 0.1) is 4.90 Å². The molecule has 6 rings (SSSR count). The zero-order valence-corrected chi connectivity index (χ0v) is 25.1. The van der Waals surface area contributed by atoms with E-state index in [4.69, 9.17) is 4.18 Å². The molecule has 1 aliphatic rings. The van der Waals surface area contributed by atoms with Crippen molar-refractivity contribution < 1.29 is 25.6 Å². The van der Waals surface area contributed by atoms with Crippen LogP contribution in [0.3, 0.4) is 0 Å². The quantitative estimate of drug-likeness (QED) is 0.140. The van der Waals surface area contributed by atoms with Crippen LogP contribution in [0.2, 0.25) is 0 Å². The fourth-order valence-electron chi connectivity index (χ4n) is 5.87. The molecule has 0 amide bonds. The normalized spacial score (nSPS) is 13.3. The van der Waals surface area contributed by atoms with Crippen LogP contribution in [0.25, 0.3) is 33.4 Å². The molecule has 0 aromatic heterocycles. The van der Waals surface area contributed by atoms with Gasteiger partial charge < -0.3 is 8.74 Å². The van der Waals surface area contributed by atoms with Crippen LogP contribution < -0.4 is 4.18 Å². The topological polar surface area (TPSA) is 101 Å².